The standard InChI is InChI=1S/C12H24OS/c1-3-4-5-6-7-8-11-14-12(2)9-10-13/h9,13H,3-8,10-11H2,1-2H3. The average Bonchev–Trinajstić information content (AvgIpc) is 2.17. The predicted molar refractivity (Wildman–Crippen MR) is 66.7 cm³/mol. The normalized spacial score (nSPS) is 12.1. The van der Waals surface area contributed by atoms with Crippen molar-refractivity contribution in [3.05, 3.63) is 11.0 Å². The van der Waals surface area contributed by atoms with E-state index in [2.05, 4.69) is 13.8 Å². The monoisotopic (exact) mass is 216 g/mol. The maximum absolute atomic E-state index is 8.65. The van der Waals surface area contributed by atoms with Crippen molar-refractivity contribution in [3.63, 3.8) is 0 Å². The minimum atomic E-state index is 0.176. The summed E-state index contributed by atoms with van der Waals surface area (Å²) in [5.41, 5.74) is 0. The maximum Gasteiger partial charge on any atom is 0.0622 e. The lowest BCUT2D eigenvalue weighted by Crippen LogP contribution is -1.83. The van der Waals surface area contributed by atoms with Crippen molar-refractivity contribution in [3.8, 4) is 0 Å². The summed E-state index contributed by atoms with van der Waals surface area (Å²) >= 11 is 1.87. The highest BCUT2D eigenvalue weighted by molar-refractivity contribution is 8.03. The van der Waals surface area contributed by atoms with E-state index in [0.717, 1.165) is 0 Å². The molecule has 0 aromatic heterocycles. The molecule has 0 saturated carbocycles. The molecule has 0 aromatic rings. The number of aliphatic hydroxyl groups is 1. The molecule has 0 aliphatic rings. The van der Waals surface area contributed by atoms with Gasteiger partial charge in [-0.15, -0.1) is 11.8 Å². The van der Waals surface area contributed by atoms with E-state index in [1.807, 2.05) is 17.8 Å². The van der Waals surface area contributed by atoms with E-state index in [1.165, 1.54) is 49.2 Å². The van der Waals surface area contributed by atoms with Crippen molar-refractivity contribution >= 4 is 11.8 Å². The van der Waals surface area contributed by atoms with Gasteiger partial charge in [0.05, 0.1) is 6.61 Å². The largest absolute Gasteiger partial charge is 0.392 e. The fourth-order valence-corrected chi connectivity index (χ4v) is 2.17. The molecule has 1 nitrogen and oxygen atoms in total. The van der Waals surface area contributed by atoms with Crippen molar-refractivity contribution in [2.75, 3.05) is 12.4 Å². The third-order valence-corrected chi connectivity index (χ3v) is 3.32. The molecule has 2 heteroatoms. The summed E-state index contributed by atoms with van der Waals surface area (Å²) in [5, 5.41) is 8.65. The lowest BCUT2D eigenvalue weighted by molar-refractivity contribution is 0.342. The van der Waals surface area contributed by atoms with Crippen LogP contribution in [-0.4, -0.2) is 17.5 Å². The van der Waals surface area contributed by atoms with Gasteiger partial charge < -0.3 is 5.11 Å². The van der Waals surface area contributed by atoms with Gasteiger partial charge in [0.2, 0.25) is 0 Å². The van der Waals surface area contributed by atoms with E-state index in [9.17, 15) is 0 Å². The fraction of sp³-hybridized carbons (Fsp3) is 0.833. The van der Waals surface area contributed by atoms with Crippen LogP contribution in [0.2, 0.25) is 0 Å². The first-order valence-corrected chi connectivity index (χ1v) is 6.70. The van der Waals surface area contributed by atoms with Crippen LogP contribution in [0.3, 0.4) is 0 Å². The minimum Gasteiger partial charge on any atom is -0.392 e. The Kier molecular flexibility index (Phi) is 11.2. The summed E-state index contributed by atoms with van der Waals surface area (Å²) in [6, 6.07) is 0. The van der Waals surface area contributed by atoms with Gasteiger partial charge in [-0.1, -0.05) is 39.0 Å². The van der Waals surface area contributed by atoms with Gasteiger partial charge in [-0.05, 0) is 30.1 Å². The van der Waals surface area contributed by atoms with Gasteiger partial charge in [0.1, 0.15) is 0 Å². The Hall–Kier alpha value is 0.0500. The zero-order valence-corrected chi connectivity index (χ0v) is 10.4. The number of hydrogen-bond acceptors (Lipinski definition) is 2. The lowest BCUT2D eigenvalue weighted by atomic mass is 10.1. The topological polar surface area (TPSA) is 20.2 Å². The Morgan fingerprint density at radius 1 is 1.14 bits per heavy atom. The molecule has 84 valence electrons. The van der Waals surface area contributed by atoms with Crippen LogP contribution in [0.25, 0.3) is 0 Å². The zero-order valence-electron chi connectivity index (χ0n) is 9.59. The Balaban J connectivity index is 3.09. The second-order valence-corrected chi connectivity index (χ2v) is 4.95. The van der Waals surface area contributed by atoms with E-state index in [-0.39, 0.29) is 6.61 Å². The number of hydrogen-bond donors (Lipinski definition) is 1. The molecule has 1 N–H and O–H groups in total. The number of rotatable bonds is 9. The first-order valence-electron chi connectivity index (χ1n) is 5.71. The summed E-state index contributed by atoms with van der Waals surface area (Å²) in [4.78, 5) is 1.25. The van der Waals surface area contributed by atoms with Crippen LogP contribution in [0.1, 0.15) is 52.4 Å². The smallest absolute Gasteiger partial charge is 0.0622 e. The minimum absolute atomic E-state index is 0.176. The molecular formula is C12H24OS. The second-order valence-electron chi connectivity index (χ2n) is 3.61. The van der Waals surface area contributed by atoms with Gasteiger partial charge in [-0.2, -0.15) is 0 Å². The lowest BCUT2D eigenvalue weighted by Gasteiger charge is -2.01. The maximum atomic E-state index is 8.65. The summed E-state index contributed by atoms with van der Waals surface area (Å²) < 4.78 is 0. The molecule has 0 unspecified atom stereocenters. The molecule has 0 spiro atoms. The van der Waals surface area contributed by atoms with Crippen LogP contribution in [0.5, 0.6) is 0 Å². The molecule has 0 bridgehead atoms. The molecule has 0 heterocycles. The fourth-order valence-electron chi connectivity index (χ4n) is 1.30. The molecule has 0 aliphatic heterocycles. The number of allylic oxidation sites excluding steroid dienone is 1. The zero-order chi connectivity index (χ0) is 10.6. The van der Waals surface area contributed by atoms with Crippen molar-refractivity contribution in [2.45, 2.75) is 52.4 Å². The molecular weight excluding hydrogens is 192 g/mol. The summed E-state index contributed by atoms with van der Waals surface area (Å²) in [5.74, 6) is 1.20. The second kappa shape index (κ2) is 11.1. The van der Waals surface area contributed by atoms with Crippen LogP contribution in [0.15, 0.2) is 11.0 Å². The SMILES string of the molecule is CCCCCCCCSC(C)=CCO. The quantitative estimate of drug-likeness (QED) is 0.588. The van der Waals surface area contributed by atoms with E-state index < -0.39 is 0 Å². The number of aliphatic hydroxyl groups excluding tert-OH is 1. The van der Waals surface area contributed by atoms with E-state index in [4.69, 9.17) is 5.11 Å². The van der Waals surface area contributed by atoms with Crippen molar-refractivity contribution in [1.82, 2.24) is 0 Å². The molecule has 0 rings (SSSR count). The Labute approximate surface area is 93.0 Å². The van der Waals surface area contributed by atoms with Gasteiger partial charge in [-0.25, -0.2) is 0 Å². The highest BCUT2D eigenvalue weighted by Gasteiger charge is 1.92. The van der Waals surface area contributed by atoms with Crippen LogP contribution >= 0.6 is 11.8 Å². The summed E-state index contributed by atoms with van der Waals surface area (Å²) in [6.45, 7) is 4.49. The van der Waals surface area contributed by atoms with Gasteiger partial charge in [0, 0.05) is 0 Å². The first kappa shape index (κ1) is 14.1. The molecule has 0 amide bonds. The van der Waals surface area contributed by atoms with Crippen LogP contribution in [0.4, 0.5) is 0 Å². The molecule has 14 heavy (non-hydrogen) atoms. The average molecular weight is 216 g/mol. The molecule has 0 saturated heterocycles. The van der Waals surface area contributed by atoms with Gasteiger partial charge in [-0.3, -0.25) is 0 Å². The van der Waals surface area contributed by atoms with Gasteiger partial charge >= 0.3 is 0 Å². The van der Waals surface area contributed by atoms with E-state index >= 15 is 0 Å². The number of unbranched alkanes of at least 4 members (excludes halogenated alkanes) is 5. The van der Waals surface area contributed by atoms with Crippen LogP contribution < -0.4 is 0 Å². The van der Waals surface area contributed by atoms with E-state index in [0.29, 0.717) is 0 Å². The third kappa shape index (κ3) is 10.1. The Bertz CT molecular complexity index is 143. The van der Waals surface area contributed by atoms with E-state index in [1.54, 1.807) is 0 Å². The third-order valence-electron chi connectivity index (χ3n) is 2.21. The highest BCUT2D eigenvalue weighted by atomic mass is 32.2. The van der Waals surface area contributed by atoms with Crippen molar-refractivity contribution < 1.29 is 5.11 Å². The predicted octanol–water partition coefficient (Wildman–Crippen LogP) is 3.98. The molecule has 0 fully saturated rings. The number of thioether (sulfide) groups is 1. The Morgan fingerprint density at radius 3 is 2.43 bits per heavy atom. The van der Waals surface area contributed by atoms with Gasteiger partial charge in [0.25, 0.3) is 0 Å². The van der Waals surface area contributed by atoms with Crippen molar-refractivity contribution in [1.29, 1.82) is 0 Å². The molecule has 0 radical (unpaired) electrons. The van der Waals surface area contributed by atoms with Crippen LogP contribution in [-0.2, 0) is 0 Å². The Morgan fingerprint density at radius 2 is 1.79 bits per heavy atom. The first-order chi connectivity index (χ1) is 6.81. The van der Waals surface area contributed by atoms with Gasteiger partial charge in [0.15, 0.2) is 0 Å². The van der Waals surface area contributed by atoms with Crippen LogP contribution in [0, 0.1) is 0 Å². The summed E-state index contributed by atoms with van der Waals surface area (Å²) in [6.07, 6.45) is 10.0. The highest BCUT2D eigenvalue weighted by Crippen LogP contribution is 2.17. The molecule has 0 aliphatic carbocycles. The molecule has 0 atom stereocenters. The van der Waals surface area contributed by atoms with Crippen molar-refractivity contribution in [2.24, 2.45) is 0 Å². The molecule has 0 aromatic carbocycles. The summed E-state index contributed by atoms with van der Waals surface area (Å²) in [7, 11) is 0.